The molecule has 2 N–H and O–H groups in total. The van der Waals surface area contributed by atoms with Crippen LogP contribution in [0.5, 0.6) is 17.2 Å². The Labute approximate surface area is 155 Å². The molecule has 6 heteroatoms. The monoisotopic (exact) mass is 364 g/mol. The maximum atomic E-state index is 11.8. The number of ether oxygens (including phenoxy) is 2. The van der Waals surface area contributed by atoms with E-state index < -0.39 is 0 Å². The highest BCUT2D eigenvalue weighted by Gasteiger charge is 2.03. The molecule has 0 spiro atoms. The Kier molecular flexibility index (Phi) is 9.43. The third-order valence-corrected chi connectivity index (χ3v) is 3.34. The summed E-state index contributed by atoms with van der Waals surface area (Å²) < 4.78 is 11.2. The highest BCUT2D eigenvalue weighted by atomic mass is 35.5. The molecule has 25 heavy (non-hydrogen) atoms. The number of halogens is 1. The molecule has 0 fully saturated rings. The van der Waals surface area contributed by atoms with Crippen molar-refractivity contribution in [2.45, 2.75) is 19.8 Å². The molecule has 0 saturated carbocycles. The van der Waals surface area contributed by atoms with Gasteiger partial charge in [-0.15, -0.1) is 12.4 Å². The molecule has 2 aromatic carbocycles. The Hall–Kier alpha value is -2.24. The van der Waals surface area contributed by atoms with E-state index >= 15 is 0 Å². The summed E-state index contributed by atoms with van der Waals surface area (Å²) in [7, 11) is 1.88. The Bertz CT molecular complexity index is 630. The van der Waals surface area contributed by atoms with E-state index in [-0.39, 0.29) is 18.3 Å². The van der Waals surface area contributed by atoms with Gasteiger partial charge in [-0.25, -0.2) is 0 Å². The normalized spacial score (nSPS) is 9.84. The predicted molar refractivity (Wildman–Crippen MR) is 103 cm³/mol. The fourth-order valence-corrected chi connectivity index (χ4v) is 2.16. The smallest absolute Gasteiger partial charge is 0.224 e. The van der Waals surface area contributed by atoms with Crippen molar-refractivity contribution in [3.63, 3.8) is 0 Å². The lowest BCUT2D eigenvalue weighted by molar-refractivity contribution is -0.116. The van der Waals surface area contributed by atoms with Crippen molar-refractivity contribution in [2.75, 3.05) is 25.5 Å². The molecule has 0 atom stereocenters. The lowest BCUT2D eigenvalue weighted by atomic mass is 10.2. The topological polar surface area (TPSA) is 59.6 Å². The number of carbonyl (C=O) groups excluding carboxylic acids is 1. The molecule has 0 saturated heterocycles. The van der Waals surface area contributed by atoms with Crippen LogP contribution in [0.15, 0.2) is 48.5 Å². The minimum atomic E-state index is 0. The van der Waals surface area contributed by atoms with Crippen LogP contribution in [0.25, 0.3) is 0 Å². The van der Waals surface area contributed by atoms with Gasteiger partial charge >= 0.3 is 0 Å². The number of amides is 1. The van der Waals surface area contributed by atoms with Gasteiger partial charge in [0, 0.05) is 12.1 Å². The zero-order chi connectivity index (χ0) is 17.2. The SMILES string of the molecule is CCOc1ccc(Oc2ccc(NC(=O)CCCNC)cc2)cc1.Cl. The third-order valence-electron chi connectivity index (χ3n) is 3.34. The largest absolute Gasteiger partial charge is 0.494 e. The van der Waals surface area contributed by atoms with E-state index in [1.54, 1.807) is 0 Å². The van der Waals surface area contributed by atoms with Crippen LogP contribution in [0.3, 0.4) is 0 Å². The van der Waals surface area contributed by atoms with Crippen LogP contribution in [0, 0.1) is 0 Å². The fraction of sp³-hybridized carbons (Fsp3) is 0.316. The van der Waals surface area contributed by atoms with Crippen molar-refractivity contribution < 1.29 is 14.3 Å². The molecule has 2 rings (SSSR count). The van der Waals surface area contributed by atoms with E-state index in [0.29, 0.717) is 18.8 Å². The third kappa shape index (κ3) is 7.45. The molecule has 0 aliphatic carbocycles. The fourth-order valence-electron chi connectivity index (χ4n) is 2.16. The van der Waals surface area contributed by atoms with E-state index in [1.165, 1.54) is 0 Å². The predicted octanol–water partition coefficient (Wildman–Crippen LogP) is 4.24. The van der Waals surface area contributed by atoms with Gasteiger partial charge in [0.05, 0.1) is 6.61 Å². The molecule has 0 aliphatic heterocycles. The minimum Gasteiger partial charge on any atom is -0.494 e. The zero-order valence-electron chi connectivity index (χ0n) is 14.6. The van der Waals surface area contributed by atoms with E-state index in [2.05, 4.69) is 10.6 Å². The molecule has 2 aromatic rings. The van der Waals surface area contributed by atoms with Crippen LogP contribution in [0.2, 0.25) is 0 Å². The standard InChI is InChI=1S/C19H24N2O3.ClH/c1-3-23-16-10-12-18(13-11-16)24-17-8-6-15(7-9-17)21-19(22)5-4-14-20-2;/h6-13,20H,3-5,14H2,1-2H3,(H,21,22);1H. The molecule has 136 valence electrons. The number of nitrogens with one attached hydrogen (secondary N) is 2. The number of benzene rings is 2. The van der Waals surface area contributed by atoms with E-state index in [1.807, 2.05) is 62.5 Å². The van der Waals surface area contributed by atoms with Crippen LogP contribution in [0.1, 0.15) is 19.8 Å². The van der Waals surface area contributed by atoms with Crippen molar-refractivity contribution in [3.8, 4) is 17.2 Å². The highest BCUT2D eigenvalue weighted by molar-refractivity contribution is 5.90. The summed E-state index contributed by atoms with van der Waals surface area (Å²) in [5.74, 6) is 2.29. The number of hydrogen-bond acceptors (Lipinski definition) is 4. The number of rotatable bonds is 9. The first kappa shape index (κ1) is 20.8. The van der Waals surface area contributed by atoms with Crippen LogP contribution in [-0.2, 0) is 4.79 Å². The zero-order valence-corrected chi connectivity index (χ0v) is 15.4. The maximum Gasteiger partial charge on any atom is 0.224 e. The molecule has 0 bridgehead atoms. The van der Waals surface area contributed by atoms with Gasteiger partial charge in [-0.2, -0.15) is 0 Å². The van der Waals surface area contributed by atoms with Crippen molar-refractivity contribution in [2.24, 2.45) is 0 Å². The summed E-state index contributed by atoms with van der Waals surface area (Å²) in [6, 6.07) is 14.8. The van der Waals surface area contributed by atoms with Crippen molar-refractivity contribution >= 4 is 24.0 Å². The quantitative estimate of drug-likeness (QED) is 0.653. The molecule has 0 aromatic heterocycles. The van der Waals surface area contributed by atoms with Gasteiger partial charge in [0.1, 0.15) is 17.2 Å². The summed E-state index contributed by atoms with van der Waals surface area (Å²) in [6.07, 6.45) is 1.33. The summed E-state index contributed by atoms with van der Waals surface area (Å²) >= 11 is 0. The number of hydrogen-bond donors (Lipinski definition) is 2. The van der Waals surface area contributed by atoms with Gasteiger partial charge in [-0.1, -0.05) is 0 Å². The van der Waals surface area contributed by atoms with Crippen LogP contribution in [0.4, 0.5) is 5.69 Å². The number of carbonyl (C=O) groups is 1. The van der Waals surface area contributed by atoms with E-state index in [0.717, 1.165) is 30.2 Å². The first-order chi connectivity index (χ1) is 11.7. The lowest BCUT2D eigenvalue weighted by Gasteiger charge is -2.09. The molecule has 1 amide bonds. The first-order valence-electron chi connectivity index (χ1n) is 8.16. The summed E-state index contributed by atoms with van der Waals surface area (Å²) in [5.41, 5.74) is 0.767. The molecule has 5 nitrogen and oxygen atoms in total. The van der Waals surface area contributed by atoms with Gasteiger partial charge in [0.2, 0.25) is 5.91 Å². The molecule has 0 aliphatic rings. The maximum absolute atomic E-state index is 11.8. The van der Waals surface area contributed by atoms with Crippen molar-refractivity contribution in [1.29, 1.82) is 0 Å². The molecule has 0 radical (unpaired) electrons. The lowest BCUT2D eigenvalue weighted by Crippen LogP contribution is -2.15. The van der Waals surface area contributed by atoms with Gasteiger partial charge in [-0.3, -0.25) is 4.79 Å². The second kappa shape index (κ2) is 11.3. The highest BCUT2D eigenvalue weighted by Crippen LogP contribution is 2.25. The average molecular weight is 365 g/mol. The summed E-state index contributed by atoms with van der Waals surface area (Å²) in [6.45, 7) is 3.43. The van der Waals surface area contributed by atoms with E-state index in [4.69, 9.17) is 9.47 Å². The van der Waals surface area contributed by atoms with Gasteiger partial charge in [0.15, 0.2) is 0 Å². The van der Waals surface area contributed by atoms with Crippen molar-refractivity contribution in [1.82, 2.24) is 5.32 Å². The minimum absolute atomic E-state index is 0. The number of anilines is 1. The molecule has 0 unspecified atom stereocenters. The van der Waals surface area contributed by atoms with Crippen LogP contribution in [-0.4, -0.2) is 26.1 Å². The van der Waals surface area contributed by atoms with E-state index in [9.17, 15) is 4.79 Å². The van der Waals surface area contributed by atoms with Gasteiger partial charge < -0.3 is 20.1 Å². The molecule has 0 heterocycles. The second-order valence-corrected chi connectivity index (χ2v) is 5.29. The Balaban J connectivity index is 0.00000312. The van der Waals surface area contributed by atoms with Crippen LogP contribution < -0.4 is 20.1 Å². The molecular weight excluding hydrogens is 340 g/mol. The van der Waals surface area contributed by atoms with Gasteiger partial charge in [0.25, 0.3) is 0 Å². The Morgan fingerprint density at radius 1 is 0.960 bits per heavy atom. The molecular formula is C19H25ClN2O3. The Morgan fingerprint density at radius 3 is 2.08 bits per heavy atom. The van der Waals surface area contributed by atoms with Crippen molar-refractivity contribution in [3.05, 3.63) is 48.5 Å². The van der Waals surface area contributed by atoms with Gasteiger partial charge in [-0.05, 0) is 75.5 Å². The average Bonchev–Trinajstić information content (AvgIpc) is 2.59. The Morgan fingerprint density at radius 2 is 1.52 bits per heavy atom. The summed E-state index contributed by atoms with van der Waals surface area (Å²) in [5, 5.41) is 5.90. The summed E-state index contributed by atoms with van der Waals surface area (Å²) in [4.78, 5) is 11.8. The second-order valence-electron chi connectivity index (χ2n) is 5.29. The first-order valence-corrected chi connectivity index (χ1v) is 8.16. The van der Waals surface area contributed by atoms with Crippen LogP contribution >= 0.6 is 12.4 Å².